The van der Waals surface area contributed by atoms with Crippen LogP contribution in [0.4, 0.5) is 10.5 Å². The van der Waals surface area contributed by atoms with E-state index in [0.29, 0.717) is 0 Å². The maximum Gasteiger partial charge on any atom is 0.407 e. The highest BCUT2D eigenvalue weighted by Crippen LogP contribution is 2.44. The maximum absolute atomic E-state index is 12.2. The van der Waals surface area contributed by atoms with Gasteiger partial charge in [0.25, 0.3) is 5.69 Å². The fourth-order valence-corrected chi connectivity index (χ4v) is 4.06. The predicted octanol–water partition coefficient (Wildman–Crippen LogP) is 3.53. The fraction of sp³-hybridized carbons (Fsp3) is 0.208. The van der Waals surface area contributed by atoms with E-state index in [4.69, 9.17) is 4.74 Å². The third-order valence-electron chi connectivity index (χ3n) is 5.62. The Morgan fingerprint density at radius 3 is 2.16 bits per heavy atom. The summed E-state index contributed by atoms with van der Waals surface area (Å²) in [5, 5.41) is 34.1. The van der Waals surface area contributed by atoms with Gasteiger partial charge in [0.1, 0.15) is 18.8 Å². The first-order valence-corrected chi connectivity index (χ1v) is 10.2. The average Bonchev–Trinajstić information content (AvgIpc) is 3.14. The van der Waals surface area contributed by atoms with Gasteiger partial charge in [-0.3, -0.25) is 10.1 Å². The number of aliphatic hydroxyl groups excluding tert-OH is 2. The number of para-hydroxylation sites is 1. The van der Waals surface area contributed by atoms with Crippen molar-refractivity contribution in [3.05, 3.63) is 99.6 Å². The summed E-state index contributed by atoms with van der Waals surface area (Å²) in [7, 11) is 0. The quantitative estimate of drug-likeness (QED) is 0.386. The smallest absolute Gasteiger partial charge is 0.407 e. The zero-order valence-electron chi connectivity index (χ0n) is 17.0. The number of amides is 1. The van der Waals surface area contributed by atoms with E-state index in [-0.39, 0.29) is 30.3 Å². The van der Waals surface area contributed by atoms with Crippen molar-refractivity contribution >= 4 is 11.8 Å². The number of nitro benzene ring substituents is 1. The fourth-order valence-electron chi connectivity index (χ4n) is 4.06. The Morgan fingerprint density at radius 1 is 0.969 bits per heavy atom. The number of alkyl carbamates (subject to hydrolysis) is 1. The molecule has 0 saturated heterocycles. The molecular weight excluding hydrogens is 412 g/mol. The molecule has 0 aliphatic heterocycles. The summed E-state index contributed by atoms with van der Waals surface area (Å²) in [6.45, 7) is -0.216. The van der Waals surface area contributed by atoms with E-state index in [1.165, 1.54) is 24.3 Å². The van der Waals surface area contributed by atoms with E-state index in [0.717, 1.165) is 22.3 Å². The minimum atomic E-state index is -1.54. The topological polar surface area (TPSA) is 122 Å². The van der Waals surface area contributed by atoms with Gasteiger partial charge in [0.2, 0.25) is 0 Å². The Balaban J connectivity index is 1.36. The van der Waals surface area contributed by atoms with Gasteiger partial charge >= 0.3 is 6.09 Å². The van der Waals surface area contributed by atoms with Gasteiger partial charge in [-0.25, -0.2) is 4.79 Å². The van der Waals surface area contributed by atoms with Crippen LogP contribution < -0.4 is 5.32 Å². The SMILES string of the molecule is O=C(NCC(O)C(O)c1ccccc1[N+](=O)[O-])OCC1c2ccccc2-c2ccccc21. The number of rotatable bonds is 7. The molecule has 3 aromatic carbocycles. The Bertz CT molecular complexity index is 1100. The van der Waals surface area contributed by atoms with Crippen LogP contribution in [0.5, 0.6) is 0 Å². The first-order valence-electron chi connectivity index (χ1n) is 10.2. The lowest BCUT2D eigenvalue weighted by molar-refractivity contribution is -0.386. The van der Waals surface area contributed by atoms with Gasteiger partial charge < -0.3 is 20.3 Å². The van der Waals surface area contributed by atoms with Crippen LogP contribution in [0.25, 0.3) is 11.1 Å². The number of fused-ring (bicyclic) bond motifs is 3. The molecule has 3 N–H and O–H groups in total. The maximum atomic E-state index is 12.2. The molecule has 0 heterocycles. The van der Waals surface area contributed by atoms with Crippen LogP contribution in [-0.2, 0) is 4.74 Å². The van der Waals surface area contributed by atoms with Gasteiger partial charge in [0, 0.05) is 18.5 Å². The highest BCUT2D eigenvalue weighted by molar-refractivity contribution is 5.79. The lowest BCUT2D eigenvalue weighted by atomic mass is 9.98. The van der Waals surface area contributed by atoms with Crippen LogP contribution in [0, 0.1) is 10.1 Å². The van der Waals surface area contributed by atoms with Crippen LogP contribution in [-0.4, -0.2) is 40.5 Å². The normalized spacial score (nSPS) is 14.2. The number of hydrogen-bond acceptors (Lipinski definition) is 6. The average molecular weight is 434 g/mol. The third kappa shape index (κ3) is 4.18. The van der Waals surface area contributed by atoms with E-state index in [1.54, 1.807) is 0 Å². The number of nitro groups is 1. The van der Waals surface area contributed by atoms with Crippen molar-refractivity contribution in [2.24, 2.45) is 0 Å². The van der Waals surface area contributed by atoms with Gasteiger partial charge in [-0.05, 0) is 28.3 Å². The Hall–Kier alpha value is -3.75. The molecule has 0 spiro atoms. The number of benzene rings is 3. The van der Waals surface area contributed by atoms with Gasteiger partial charge in [-0.1, -0.05) is 60.7 Å². The van der Waals surface area contributed by atoms with Crippen molar-refractivity contribution in [1.82, 2.24) is 5.32 Å². The highest BCUT2D eigenvalue weighted by atomic mass is 16.6. The lowest BCUT2D eigenvalue weighted by Gasteiger charge is -2.19. The molecule has 164 valence electrons. The van der Waals surface area contributed by atoms with Gasteiger partial charge in [0.15, 0.2) is 0 Å². The molecule has 2 atom stereocenters. The third-order valence-corrected chi connectivity index (χ3v) is 5.62. The molecule has 0 fully saturated rings. The van der Waals surface area contributed by atoms with Crippen LogP contribution in [0.2, 0.25) is 0 Å². The van der Waals surface area contributed by atoms with Crippen LogP contribution in [0.15, 0.2) is 72.8 Å². The van der Waals surface area contributed by atoms with Crippen LogP contribution in [0.1, 0.15) is 28.7 Å². The van der Waals surface area contributed by atoms with E-state index >= 15 is 0 Å². The van der Waals surface area contributed by atoms with Crippen LogP contribution >= 0.6 is 0 Å². The number of carbonyl (C=O) groups excluding carboxylic acids is 1. The van der Waals surface area contributed by atoms with Crippen molar-refractivity contribution < 1.29 is 24.7 Å². The summed E-state index contributed by atoms with van der Waals surface area (Å²) < 4.78 is 5.39. The van der Waals surface area contributed by atoms with Crippen molar-refractivity contribution in [1.29, 1.82) is 0 Å². The molecule has 4 rings (SSSR count). The summed E-state index contributed by atoms with van der Waals surface area (Å²) in [6.07, 6.45) is -3.73. The van der Waals surface area contributed by atoms with Gasteiger partial charge in [0.05, 0.1) is 10.5 Å². The van der Waals surface area contributed by atoms with E-state index in [1.807, 2.05) is 48.5 Å². The van der Waals surface area contributed by atoms with E-state index in [2.05, 4.69) is 5.32 Å². The number of nitrogens with one attached hydrogen (secondary N) is 1. The molecule has 8 heteroatoms. The summed E-state index contributed by atoms with van der Waals surface area (Å²) in [6, 6.07) is 21.5. The summed E-state index contributed by atoms with van der Waals surface area (Å²) in [5.41, 5.74) is 4.04. The zero-order chi connectivity index (χ0) is 22.7. The molecule has 1 amide bonds. The molecule has 3 aromatic rings. The van der Waals surface area contributed by atoms with Crippen molar-refractivity contribution in [2.75, 3.05) is 13.2 Å². The minimum Gasteiger partial charge on any atom is -0.449 e. The van der Waals surface area contributed by atoms with Crippen LogP contribution in [0.3, 0.4) is 0 Å². The largest absolute Gasteiger partial charge is 0.449 e. The molecule has 8 nitrogen and oxygen atoms in total. The predicted molar refractivity (Wildman–Crippen MR) is 117 cm³/mol. The molecule has 2 unspecified atom stereocenters. The number of hydrogen-bond donors (Lipinski definition) is 3. The number of aliphatic hydroxyl groups is 2. The molecule has 0 bridgehead atoms. The van der Waals surface area contributed by atoms with Crippen molar-refractivity contribution in [2.45, 2.75) is 18.1 Å². The van der Waals surface area contributed by atoms with Crippen molar-refractivity contribution in [3.8, 4) is 11.1 Å². The highest BCUT2D eigenvalue weighted by Gasteiger charge is 2.30. The van der Waals surface area contributed by atoms with Gasteiger partial charge in [-0.2, -0.15) is 0 Å². The molecule has 1 aliphatic carbocycles. The monoisotopic (exact) mass is 434 g/mol. The number of carbonyl (C=O) groups is 1. The molecule has 0 aromatic heterocycles. The second-order valence-corrected chi connectivity index (χ2v) is 7.53. The second-order valence-electron chi connectivity index (χ2n) is 7.53. The zero-order valence-corrected chi connectivity index (χ0v) is 17.0. The standard InChI is InChI=1S/C24H22N2O6/c27-22(23(28)19-11-5-6-12-21(19)26(30)31)13-25-24(29)32-14-20-17-9-3-1-7-15(17)16-8-2-4-10-18(16)20/h1-12,20,22-23,27-28H,13-14H2,(H,25,29). The summed E-state index contributed by atoms with van der Waals surface area (Å²) >= 11 is 0. The molecule has 0 radical (unpaired) electrons. The second kappa shape index (κ2) is 9.17. The molecule has 0 saturated carbocycles. The molecule has 1 aliphatic rings. The number of nitrogens with zero attached hydrogens (tertiary/aromatic N) is 1. The first kappa shape index (κ1) is 21.5. The molecular formula is C24H22N2O6. The first-order chi connectivity index (χ1) is 15.5. The van der Waals surface area contributed by atoms with Crippen molar-refractivity contribution in [3.63, 3.8) is 0 Å². The Kier molecular flexibility index (Phi) is 6.16. The Morgan fingerprint density at radius 2 is 1.53 bits per heavy atom. The summed E-state index contributed by atoms with van der Waals surface area (Å²) in [4.78, 5) is 22.7. The van der Waals surface area contributed by atoms with Gasteiger partial charge in [-0.15, -0.1) is 0 Å². The van der Waals surface area contributed by atoms with E-state index in [9.17, 15) is 25.1 Å². The lowest BCUT2D eigenvalue weighted by Crippen LogP contribution is -2.36. The Labute approximate surface area is 184 Å². The minimum absolute atomic E-state index is 0.0284. The molecule has 32 heavy (non-hydrogen) atoms. The summed E-state index contributed by atoms with van der Waals surface area (Å²) in [5.74, 6) is -0.101. The van der Waals surface area contributed by atoms with E-state index < -0.39 is 23.2 Å². The number of ether oxygens (including phenoxy) is 1.